The van der Waals surface area contributed by atoms with Crippen LogP contribution in [0.1, 0.15) is 30.7 Å². The number of fused-ring (bicyclic) bond motifs is 1. The van der Waals surface area contributed by atoms with Crippen molar-refractivity contribution in [3.63, 3.8) is 0 Å². The molecule has 1 saturated heterocycles. The molecule has 23 heavy (non-hydrogen) atoms. The summed E-state index contributed by atoms with van der Waals surface area (Å²) in [4.78, 5) is 22.4. The van der Waals surface area contributed by atoms with Crippen molar-refractivity contribution in [2.75, 3.05) is 26.7 Å². The number of imidazole rings is 1. The van der Waals surface area contributed by atoms with Gasteiger partial charge in [-0.25, -0.2) is 4.98 Å². The molecule has 1 aliphatic heterocycles. The molecule has 0 atom stereocenters. The molecular weight excluding hydrogens is 288 g/mol. The number of carbonyl (C=O) groups is 1. The molecule has 0 bridgehead atoms. The maximum absolute atomic E-state index is 12.4. The standard InChI is InChI=1S/C18H26N4O/c1-13-4-3-5-15-18(13)21-16(20-15)6-7-17(23)22-10-8-14(9-11-22)12-19-2/h3-5,14,19H,6-12H2,1-2H3,(H,20,21). The van der Waals surface area contributed by atoms with Crippen LogP contribution in [0, 0.1) is 12.8 Å². The Morgan fingerprint density at radius 2 is 2.17 bits per heavy atom. The molecule has 1 amide bonds. The van der Waals surface area contributed by atoms with Crippen molar-refractivity contribution in [2.45, 2.75) is 32.6 Å². The first kappa shape index (κ1) is 16.0. The summed E-state index contributed by atoms with van der Waals surface area (Å²) in [5, 5.41) is 3.23. The van der Waals surface area contributed by atoms with Crippen molar-refractivity contribution in [3.8, 4) is 0 Å². The van der Waals surface area contributed by atoms with E-state index in [9.17, 15) is 4.79 Å². The quantitative estimate of drug-likeness (QED) is 0.890. The summed E-state index contributed by atoms with van der Waals surface area (Å²) in [5.41, 5.74) is 3.24. The number of benzene rings is 1. The van der Waals surface area contributed by atoms with Gasteiger partial charge in [-0.15, -0.1) is 0 Å². The van der Waals surface area contributed by atoms with E-state index in [2.05, 4.69) is 28.3 Å². The number of amides is 1. The van der Waals surface area contributed by atoms with Crippen molar-refractivity contribution in [2.24, 2.45) is 5.92 Å². The van der Waals surface area contributed by atoms with E-state index in [0.717, 1.165) is 49.3 Å². The number of likely N-dealkylation sites (tertiary alicyclic amines) is 1. The van der Waals surface area contributed by atoms with E-state index in [4.69, 9.17) is 0 Å². The molecule has 0 saturated carbocycles. The van der Waals surface area contributed by atoms with E-state index in [1.165, 1.54) is 5.56 Å². The van der Waals surface area contributed by atoms with Crippen LogP contribution in [-0.2, 0) is 11.2 Å². The maximum atomic E-state index is 12.4. The number of nitrogens with one attached hydrogen (secondary N) is 2. The van der Waals surface area contributed by atoms with Crippen LogP contribution in [-0.4, -0.2) is 47.5 Å². The molecule has 5 heteroatoms. The Morgan fingerprint density at radius 3 is 2.87 bits per heavy atom. The van der Waals surface area contributed by atoms with Gasteiger partial charge in [0.25, 0.3) is 0 Å². The summed E-state index contributed by atoms with van der Waals surface area (Å²) in [5.74, 6) is 1.88. The SMILES string of the molecule is CNCC1CCN(C(=O)CCc2nc3c(C)cccc3[nH]2)CC1. The maximum Gasteiger partial charge on any atom is 0.223 e. The fraction of sp³-hybridized carbons (Fsp3) is 0.556. The summed E-state index contributed by atoms with van der Waals surface area (Å²) in [6.07, 6.45) is 3.44. The molecule has 1 aliphatic rings. The minimum atomic E-state index is 0.255. The van der Waals surface area contributed by atoms with Crippen LogP contribution in [0.15, 0.2) is 18.2 Å². The predicted octanol–water partition coefficient (Wildman–Crippen LogP) is 2.26. The lowest BCUT2D eigenvalue weighted by atomic mass is 9.96. The van der Waals surface area contributed by atoms with Crippen LogP contribution < -0.4 is 5.32 Å². The number of hydrogen-bond donors (Lipinski definition) is 2. The van der Waals surface area contributed by atoms with E-state index in [1.807, 2.05) is 24.1 Å². The first-order valence-electron chi connectivity index (χ1n) is 8.54. The number of para-hydroxylation sites is 1. The Bertz CT molecular complexity index is 671. The Labute approximate surface area is 137 Å². The Hall–Kier alpha value is -1.88. The Kier molecular flexibility index (Phi) is 4.96. The molecule has 3 rings (SSSR count). The lowest BCUT2D eigenvalue weighted by Gasteiger charge is -2.32. The van der Waals surface area contributed by atoms with Crippen molar-refractivity contribution in [3.05, 3.63) is 29.6 Å². The van der Waals surface area contributed by atoms with Crippen molar-refractivity contribution in [1.82, 2.24) is 20.2 Å². The highest BCUT2D eigenvalue weighted by molar-refractivity contribution is 5.79. The zero-order chi connectivity index (χ0) is 16.2. The van der Waals surface area contributed by atoms with Crippen molar-refractivity contribution in [1.29, 1.82) is 0 Å². The average Bonchev–Trinajstić information content (AvgIpc) is 2.98. The lowest BCUT2D eigenvalue weighted by Crippen LogP contribution is -2.40. The molecule has 1 fully saturated rings. The van der Waals surface area contributed by atoms with Crippen LogP contribution in [0.5, 0.6) is 0 Å². The molecule has 2 heterocycles. The van der Waals surface area contributed by atoms with Gasteiger partial charge in [0, 0.05) is 25.9 Å². The molecule has 0 spiro atoms. The smallest absolute Gasteiger partial charge is 0.223 e. The second kappa shape index (κ2) is 7.13. The van der Waals surface area contributed by atoms with E-state index in [1.54, 1.807) is 0 Å². The minimum absolute atomic E-state index is 0.255. The van der Waals surface area contributed by atoms with E-state index >= 15 is 0 Å². The third-order valence-electron chi connectivity index (χ3n) is 4.80. The first-order chi connectivity index (χ1) is 11.2. The van der Waals surface area contributed by atoms with Gasteiger partial charge in [-0.3, -0.25) is 4.79 Å². The van der Waals surface area contributed by atoms with Gasteiger partial charge in [0.2, 0.25) is 5.91 Å². The summed E-state index contributed by atoms with van der Waals surface area (Å²) in [6.45, 7) is 4.91. The summed E-state index contributed by atoms with van der Waals surface area (Å²) >= 11 is 0. The van der Waals surface area contributed by atoms with Gasteiger partial charge < -0.3 is 15.2 Å². The van der Waals surface area contributed by atoms with Gasteiger partial charge >= 0.3 is 0 Å². The molecule has 1 aromatic heterocycles. The van der Waals surface area contributed by atoms with E-state index in [0.29, 0.717) is 18.8 Å². The number of H-pyrrole nitrogens is 1. The summed E-state index contributed by atoms with van der Waals surface area (Å²) in [6, 6.07) is 6.13. The zero-order valence-corrected chi connectivity index (χ0v) is 14.1. The number of rotatable bonds is 5. The second-order valence-electron chi connectivity index (χ2n) is 6.54. The molecule has 0 aliphatic carbocycles. The van der Waals surface area contributed by atoms with Crippen LogP contribution in [0.2, 0.25) is 0 Å². The van der Waals surface area contributed by atoms with Gasteiger partial charge in [0.1, 0.15) is 5.82 Å². The topological polar surface area (TPSA) is 61.0 Å². The first-order valence-corrected chi connectivity index (χ1v) is 8.54. The van der Waals surface area contributed by atoms with Crippen LogP contribution in [0.4, 0.5) is 0 Å². The molecule has 0 radical (unpaired) electrons. The molecule has 2 aromatic rings. The molecular formula is C18H26N4O. The van der Waals surface area contributed by atoms with Gasteiger partial charge in [-0.1, -0.05) is 12.1 Å². The van der Waals surface area contributed by atoms with Crippen LogP contribution in [0.25, 0.3) is 11.0 Å². The number of hydrogen-bond acceptors (Lipinski definition) is 3. The number of aryl methyl sites for hydroxylation is 2. The monoisotopic (exact) mass is 314 g/mol. The zero-order valence-electron chi connectivity index (χ0n) is 14.1. The third-order valence-corrected chi connectivity index (χ3v) is 4.80. The summed E-state index contributed by atoms with van der Waals surface area (Å²) < 4.78 is 0. The van der Waals surface area contributed by atoms with Crippen molar-refractivity contribution < 1.29 is 4.79 Å². The minimum Gasteiger partial charge on any atom is -0.343 e. The number of piperidine rings is 1. The molecule has 2 N–H and O–H groups in total. The van der Waals surface area contributed by atoms with Crippen LogP contribution >= 0.6 is 0 Å². The predicted molar refractivity (Wildman–Crippen MR) is 92.4 cm³/mol. The molecule has 5 nitrogen and oxygen atoms in total. The second-order valence-corrected chi connectivity index (χ2v) is 6.54. The molecule has 1 aromatic carbocycles. The summed E-state index contributed by atoms with van der Waals surface area (Å²) in [7, 11) is 1.99. The Balaban J connectivity index is 1.53. The van der Waals surface area contributed by atoms with Crippen molar-refractivity contribution >= 4 is 16.9 Å². The number of aromatic nitrogens is 2. The number of aromatic amines is 1. The average molecular weight is 314 g/mol. The number of carbonyl (C=O) groups excluding carboxylic acids is 1. The van der Waals surface area contributed by atoms with Crippen LogP contribution in [0.3, 0.4) is 0 Å². The fourth-order valence-corrected chi connectivity index (χ4v) is 3.40. The Morgan fingerprint density at radius 1 is 1.39 bits per heavy atom. The lowest BCUT2D eigenvalue weighted by molar-refractivity contribution is -0.132. The normalized spacial score (nSPS) is 16.2. The van der Waals surface area contributed by atoms with E-state index < -0.39 is 0 Å². The highest BCUT2D eigenvalue weighted by Gasteiger charge is 2.22. The fourth-order valence-electron chi connectivity index (χ4n) is 3.40. The molecule has 0 unspecified atom stereocenters. The third kappa shape index (κ3) is 3.72. The van der Waals surface area contributed by atoms with Gasteiger partial charge in [0.05, 0.1) is 11.0 Å². The van der Waals surface area contributed by atoms with Gasteiger partial charge in [0.15, 0.2) is 0 Å². The molecule has 124 valence electrons. The van der Waals surface area contributed by atoms with E-state index in [-0.39, 0.29) is 5.91 Å². The van der Waals surface area contributed by atoms with Gasteiger partial charge in [-0.05, 0) is 50.9 Å². The number of nitrogens with zero attached hydrogens (tertiary/aromatic N) is 2. The highest BCUT2D eigenvalue weighted by Crippen LogP contribution is 2.19. The van der Waals surface area contributed by atoms with Gasteiger partial charge in [-0.2, -0.15) is 0 Å². The largest absolute Gasteiger partial charge is 0.343 e. The highest BCUT2D eigenvalue weighted by atomic mass is 16.2.